The molecule has 0 spiro atoms. The second-order valence-corrected chi connectivity index (χ2v) is 35.6. The van der Waals surface area contributed by atoms with Gasteiger partial charge in [0.2, 0.25) is 0 Å². The van der Waals surface area contributed by atoms with Crippen molar-refractivity contribution in [2.24, 2.45) is 0 Å². The minimum Gasteiger partial charge on any atom is -0.445 e. The Labute approximate surface area is 752 Å². The number of likely N-dealkylation sites (tertiary alicyclic amines) is 3. The summed E-state index contributed by atoms with van der Waals surface area (Å²) in [6.45, 7) is 29.9. The molecule has 9 heterocycles. The van der Waals surface area contributed by atoms with E-state index in [-0.39, 0.29) is 73.4 Å². The summed E-state index contributed by atoms with van der Waals surface area (Å²) in [6.07, 6.45) is 25.7. The molecule has 0 aliphatic carbocycles. The van der Waals surface area contributed by atoms with E-state index in [2.05, 4.69) is 60.2 Å². The van der Waals surface area contributed by atoms with Gasteiger partial charge in [0.1, 0.15) is 48.2 Å². The number of pyridine rings is 2. The third-order valence-electron chi connectivity index (χ3n) is 22.3. The van der Waals surface area contributed by atoms with Crippen molar-refractivity contribution in [3.63, 3.8) is 0 Å². The lowest BCUT2D eigenvalue weighted by Crippen LogP contribution is -2.40. The maximum Gasteiger partial charge on any atom is 0.410 e. The number of amides is 6. The molecule has 4 N–H and O–H groups in total. The number of carbonyl (C=O) groups is 8. The highest BCUT2D eigenvalue weighted by molar-refractivity contribution is 5.85. The average Bonchev–Trinajstić information content (AvgIpc) is 1.80. The summed E-state index contributed by atoms with van der Waals surface area (Å²) in [6, 6.07) is 39.3. The van der Waals surface area contributed by atoms with Gasteiger partial charge in [0, 0.05) is 185 Å². The normalized spacial score (nSPS) is 19.5. The van der Waals surface area contributed by atoms with Crippen molar-refractivity contribution in [1.82, 2.24) is 60.6 Å². The molecule has 0 bridgehead atoms. The van der Waals surface area contributed by atoms with E-state index in [9.17, 15) is 38.4 Å². The van der Waals surface area contributed by atoms with E-state index in [1.807, 2.05) is 216 Å². The molecule has 7 aliphatic rings. The number of hydrogen-bond acceptors (Lipinski definition) is 22. The minimum absolute atomic E-state index is 0. The molecule has 3 aromatic carbocycles. The smallest absolute Gasteiger partial charge is 0.410 e. The summed E-state index contributed by atoms with van der Waals surface area (Å²) in [5.74, 6) is 0.649. The van der Waals surface area contributed by atoms with Gasteiger partial charge in [-0.3, -0.25) is 19.6 Å². The van der Waals surface area contributed by atoms with Crippen molar-refractivity contribution < 1.29 is 66.8 Å². The molecule has 7 aliphatic heterocycles. The Morgan fingerprint density at radius 1 is 0.368 bits per heavy atom. The van der Waals surface area contributed by atoms with Gasteiger partial charge in [0.25, 0.3) is 0 Å². The molecule has 7 saturated heterocycles. The molecule has 5 unspecified atom stereocenters. The molecule has 29 heteroatoms. The summed E-state index contributed by atoms with van der Waals surface area (Å²) in [5, 5.41) is 13.2. The molecule has 696 valence electrons. The van der Waals surface area contributed by atoms with Crippen LogP contribution in [0.4, 0.5) is 40.1 Å². The lowest BCUT2D eigenvalue weighted by Gasteiger charge is -2.28. The number of benzene rings is 3. The number of Topliss-reactive ketones (excluding diaryl/α,β-unsaturated/α-hetero) is 2. The van der Waals surface area contributed by atoms with E-state index >= 15 is 0 Å². The molecule has 28 nitrogen and oxygen atoms in total. The Morgan fingerprint density at radius 3 is 1.14 bits per heavy atom. The zero-order valence-corrected chi connectivity index (χ0v) is 78.4. The standard InChI is InChI=1S/C20H25N3O2.C20H30N2O4.C15H22N2O2.C12H19N3.C12H24N2O2.C11H19NO3.C6H11NO.ClH/c1-22(20(24)25-16-17-6-3-2-4-7-17)18-8-5-14-23(15-11-18)19-9-12-21-13-10-19;1-20(2,3)26-19(24)22-13-8-11-17(12-14-22)21(4)18(23)25-15-16-9-6-5-7-10-16;1-17(14-8-5-10-16-11-9-14)15(18)19-12-13-6-3-2-4-7-13;1-13-11-3-2-9-15(10-6-11)12-4-7-14-8-5-12;1-12(2,3)16-11(15)14-8-5-6-10(13-4)7-9-14;1-11(2,3)15-10(14)12-7-4-5-9(13)6-8-12;8-6-2-1-4-7-5-3-6;/h2-4,6-7,9-10,12-13,18H,5,8,11,14-16H2,1H3;5-7,9-10,17H,8,11-15H2,1-4H3;2-4,6-7,14,16H,5,8-12H2,1H3;4-5,7-8,11,13H,2-3,6,9-10H2,1H3;10,13H,5-9H2,1-4H3;4-8H2,1-3H3;7H,1-5H2;1H. The van der Waals surface area contributed by atoms with Crippen LogP contribution in [0.2, 0.25) is 0 Å². The molecule has 5 aromatic rings. The Hall–Kier alpha value is -9.35. The first-order valence-electron chi connectivity index (χ1n) is 45.2. The maximum absolute atomic E-state index is 12.4. The van der Waals surface area contributed by atoms with Gasteiger partial charge in [-0.2, -0.15) is 0 Å². The van der Waals surface area contributed by atoms with Crippen LogP contribution in [0, 0.1) is 0 Å². The molecule has 2 aromatic heterocycles. The van der Waals surface area contributed by atoms with Gasteiger partial charge in [-0.15, -0.1) is 12.4 Å². The Morgan fingerprint density at radius 2 is 0.704 bits per heavy atom. The van der Waals surface area contributed by atoms with Crippen molar-refractivity contribution in [2.45, 2.75) is 264 Å². The van der Waals surface area contributed by atoms with Crippen molar-refractivity contribution in [2.75, 3.05) is 137 Å². The number of halogens is 1. The number of hydrogen-bond donors (Lipinski definition) is 4. The van der Waals surface area contributed by atoms with Crippen molar-refractivity contribution >= 4 is 71.9 Å². The lowest BCUT2D eigenvalue weighted by molar-refractivity contribution is -0.119. The van der Waals surface area contributed by atoms with Gasteiger partial charge < -0.3 is 88.9 Å². The number of rotatable bonds is 13. The van der Waals surface area contributed by atoms with Crippen molar-refractivity contribution in [3.8, 4) is 0 Å². The minimum atomic E-state index is -0.499. The van der Waals surface area contributed by atoms with Gasteiger partial charge in [0.15, 0.2) is 0 Å². The third-order valence-corrected chi connectivity index (χ3v) is 22.3. The van der Waals surface area contributed by atoms with Crippen LogP contribution in [0.5, 0.6) is 0 Å². The van der Waals surface area contributed by atoms with E-state index in [0.29, 0.717) is 76.1 Å². The summed E-state index contributed by atoms with van der Waals surface area (Å²) in [4.78, 5) is 118. The van der Waals surface area contributed by atoms with Gasteiger partial charge in [0.05, 0.1) is 0 Å². The van der Waals surface area contributed by atoms with Crippen LogP contribution in [0.1, 0.15) is 214 Å². The largest absolute Gasteiger partial charge is 0.445 e. The second-order valence-electron chi connectivity index (χ2n) is 35.6. The topological polar surface area (TPSA) is 292 Å². The van der Waals surface area contributed by atoms with E-state index in [1.165, 1.54) is 37.2 Å². The molecular weight excluding hydrogens is 1610 g/mol. The van der Waals surface area contributed by atoms with Crippen LogP contribution in [0.3, 0.4) is 0 Å². The Balaban J connectivity index is 0.000000264. The molecule has 5 atom stereocenters. The number of anilines is 2. The number of ketones is 2. The summed E-state index contributed by atoms with van der Waals surface area (Å²) < 4.78 is 32.3. The predicted molar refractivity (Wildman–Crippen MR) is 497 cm³/mol. The SMILES string of the molecule is CC(C)(C)OC(=O)N1CCCC(=O)CC1.CN(C(=O)OCc1ccccc1)C1CCCN(C(=O)OC(C)(C)C)CC1.CN(C(=O)OCc1ccccc1)C1CCCN(c2ccncc2)CC1.CN(C(=O)OCc1ccccc1)C1CCCNCC1.CNC1CCCN(C(=O)OC(C)(C)C)CC1.CNC1CCCN(c2ccncc2)CC1.Cl.O=C1CCCNCC1. The first-order valence-corrected chi connectivity index (χ1v) is 45.2. The fourth-order valence-corrected chi connectivity index (χ4v) is 15.0. The van der Waals surface area contributed by atoms with Crippen LogP contribution in [0.25, 0.3) is 0 Å². The highest BCUT2D eigenvalue weighted by Crippen LogP contribution is 2.26. The fourth-order valence-electron chi connectivity index (χ4n) is 15.0. The fraction of sp³-hybridized carbons (Fsp3) is 0.625. The molecule has 12 rings (SSSR count). The van der Waals surface area contributed by atoms with Gasteiger partial charge in [-0.1, -0.05) is 91.0 Å². The summed E-state index contributed by atoms with van der Waals surface area (Å²) in [5.41, 5.74) is 4.14. The predicted octanol–water partition coefficient (Wildman–Crippen LogP) is 16.5. The molecule has 0 radical (unpaired) electrons. The first-order chi connectivity index (χ1) is 59.4. The monoisotopic (exact) mass is 1760 g/mol. The molecule has 0 saturated carbocycles. The molecular formula is C96H151ClN14O14. The zero-order chi connectivity index (χ0) is 90.1. The van der Waals surface area contributed by atoms with Crippen LogP contribution < -0.4 is 31.1 Å². The quantitative estimate of drug-likeness (QED) is 0.0797. The molecule has 125 heavy (non-hydrogen) atoms. The van der Waals surface area contributed by atoms with Gasteiger partial charge in [-0.05, 0) is 246 Å². The lowest BCUT2D eigenvalue weighted by atomic mass is 10.1. The average molecular weight is 1760 g/mol. The van der Waals surface area contributed by atoms with Crippen LogP contribution in [-0.4, -0.2) is 261 Å². The summed E-state index contributed by atoms with van der Waals surface area (Å²) >= 11 is 0. The molecule has 6 amide bonds. The van der Waals surface area contributed by atoms with Gasteiger partial charge in [-0.25, -0.2) is 28.8 Å². The van der Waals surface area contributed by atoms with Crippen molar-refractivity contribution in [3.05, 3.63) is 157 Å². The van der Waals surface area contributed by atoms with E-state index in [0.717, 1.165) is 178 Å². The summed E-state index contributed by atoms with van der Waals surface area (Å²) in [7, 11) is 9.49. The highest BCUT2D eigenvalue weighted by atomic mass is 35.5. The Bertz CT molecular complexity index is 3830. The van der Waals surface area contributed by atoms with Crippen LogP contribution >= 0.6 is 12.4 Å². The number of nitrogens with one attached hydrogen (secondary N) is 4. The second kappa shape index (κ2) is 58.1. The number of nitrogens with zero attached hydrogens (tertiary/aromatic N) is 10. The number of aromatic nitrogens is 2. The van der Waals surface area contributed by atoms with Gasteiger partial charge >= 0.3 is 36.6 Å². The highest BCUT2D eigenvalue weighted by Gasteiger charge is 2.32. The van der Waals surface area contributed by atoms with E-state index < -0.39 is 16.8 Å². The first kappa shape index (κ1) is 106. The van der Waals surface area contributed by atoms with Crippen LogP contribution in [-0.2, 0) is 57.8 Å². The van der Waals surface area contributed by atoms with Crippen LogP contribution in [0.15, 0.2) is 140 Å². The number of carbonyl (C=O) groups excluding carboxylic acids is 8. The van der Waals surface area contributed by atoms with Crippen molar-refractivity contribution in [1.29, 1.82) is 0 Å². The zero-order valence-electron chi connectivity index (χ0n) is 77.6. The van der Waals surface area contributed by atoms with E-state index in [4.69, 9.17) is 28.4 Å². The van der Waals surface area contributed by atoms with E-state index in [1.54, 1.807) is 31.5 Å². The molecule has 7 fully saturated rings. The third kappa shape index (κ3) is 44.1. The Kier molecular flexibility index (Phi) is 49.4. The maximum atomic E-state index is 12.4. The number of ether oxygens (including phenoxy) is 6.